The summed E-state index contributed by atoms with van der Waals surface area (Å²) >= 11 is 0. The summed E-state index contributed by atoms with van der Waals surface area (Å²) in [4.78, 5) is 0. The first-order valence-electron chi connectivity index (χ1n) is 22.9. The van der Waals surface area contributed by atoms with E-state index in [9.17, 15) is 0 Å². The van der Waals surface area contributed by atoms with Crippen LogP contribution in [0.15, 0.2) is 83.3 Å². The number of fused-ring (bicyclic) bond motifs is 3. The largest absolute Gasteiger partial charge is 0.494 e. The second kappa shape index (κ2) is 21.5. The van der Waals surface area contributed by atoms with E-state index in [2.05, 4.69) is 99.4 Å². The number of rotatable bonds is 25. The molecular weight excluding hydrogens is 697 g/mol. The van der Waals surface area contributed by atoms with Crippen LogP contribution in [0.4, 0.5) is 0 Å². The quantitative estimate of drug-likeness (QED) is 0.0555. The molecule has 6 rings (SSSR count). The van der Waals surface area contributed by atoms with Crippen LogP contribution in [0.5, 0.6) is 5.75 Å². The summed E-state index contributed by atoms with van der Waals surface area (Å²) in [6.07, 6.45) is 25.9. The molecule has 0 saturated carbocycles. The van der Waals surface area contributed by atoms with E-state index in [0.29, 0.717) is 11.8 Å². The normalized spacial score (nSPS) is 12.9. The van der Waals surface area contributed by atoms with Gasteiger partial charge in [0, 0.05) is 16.5 Å². The topological polar surface area (TPSA) is 48.2 Å². The summed E-state index contributed by atoms with van der Waals surface area (Å²) in [6, 6.07) is 29.1. The second-order valence-corrected chi connectivity index (χ2v) is 17.0. The molecule has 4 nitrogen and oxygen atoms in total. The number of unbranched alkanes of at least 4 members (excludes halogenated alkanes) is 15. The first-order valence-corrected chi connectivity index (χ1v) is 22.9. The van der Waals surface area contributed by atoms with Gasteiger partial charge < -0.3 is 9.15 Å². The van der Waals surface area contributed by atoms with E-state index in [-0.39, 0.29) is 5.41 Å². The third-order valence-electron chi connectivity index (χ3n) is 12.4. The van der Waals surface area contributed by atoms with Crippen LogP contribution >= 0.6 is 0 Å². The van der Waals surface area contributed by atoms with Crippen molar-refractivity contribution in [2.24, 2.45) is 0 Å². The first-order chi connectivity index (χ1) is 28.0. The van der Waals surface area contributed by atoms with Crippen molar-refractivity contribution in [1.82, 2.24) is 10.2 Å². The van der Waals surface area contributed by atoms with Crippen LogP contribution in [-0.4, -0.2) is 16.8 Å². The summed E-state index contributed by atoms with van der Waals surface area (Å²) in [5.74, 6) is 1.93. The molecule has 0 radical (unpaired) electrons. The SMILES string of the molecule is CCCCCCCCOc1ccc(-c2nnc(-c3ccc(-c4cc(C)cc5c4-c4ccc(C)cc4C5(CCCCCCCC)CCCCCCCC)cc3)o2)cc1. The molecule has 0 saturated heterocycles. The van der Waals surface area contributed by atoms with E-state index in [1.54, 1.807) is 11.1 Å². The van der Waals surface area contributed by atoms with Crippen LogP contribution in [0.2, 0.25) is 0 Å². The molecule has 1 aliphatic carbocycles. The summed E-state index contributed by atoms with van der Waals surface area (Å²) < 4.78 is 12.2. The van der Waals surface area contributed by atoms with E-state index >= 15 is 0 Å². The minimum absolute atomic E-state index is 0.0608. The lowest BCUT2D eigenvalue weighted by Gasteiger charge is -2.33. The van der Waals surface area contributed by atoms with Crippen LogP contribution in [0.25, 0.3) is 45.2 Å². The number of benzene rings is 4. The summed E-state index contributed by atoms with van der Waals surface area (Å²) in [7, 11) is 0. The maximum Gasteiger partial charge on any atom is 0.248 e. The van der Waals surface area contributed by atoms with Gasteiger partial charge in [-0.2, -0.15) is 0 Å². The molecule has 4 aromatic carbocycles. The number of hydrogen-bond donors (Lipinski definition) is 0. The molecule has 1 heterocycles. The van der Waals surface area contributed by atoms with E-state index < -0.39 is 0 Å². The van der Waals surface area contributed by atoms with Gasteiger partial charge in [0.2, 0.25) is 11.8 Å². The van der Waals surface area contributed by atoms with Crippen molar-refractivity contribution in [3.8, 4) is 50.9 Å². The third kappa shape index (κ3) is 10.9. The van der Waals surface area contributed by atoms with Crippen LogP contribution in [0.3, 0.4) is 0 Å². The molecule has 57 heavy (non-hydrogen) atoms. The minimum atomic E-state index is 0.0608. The summed E-state index contributed by atoms with van der Waals surface area (Å²) in [6.45, 7) is 12.2. The lowest BCUT2D eigenvalue weighted by atomic mass is 9.70. The highest BCUT2D eigenvalue weighted by Gasteiger charge is 2.43. The van der Waals surface area contributed by atoms with Crippen molar-refractivity contribution in [2.45, 2.75) is 168 Å². The Labute approximate surface area is 345 Å². The molecule has 4 heteroatoms. The molecule has 5 aromatic rings. The standard InChI is InChI=1S/C53H70N2O2/c1-6-9-12-15-18-21-34-53(35-22-19-16-13-10-7-2)48-38-40(4)24-33-46(48)50-47(37-41(5)39-49(50)53)42-25-27-43(28-26-42)51-54-55-52(57-51)44-29-31-45(32-30-44)56-36-23-20-17-14-11-8-3/h24-33,37-39H,6-23,34-36H2,1-5H3. The van der Waals surface area contributed by atoms with Crippen molar-refractivity contribution in [1.29, 1.82) is 0 Å². The van der Waals surface area contributed by atoms with Crippen LogP contribution < -0.4 is 4.74 Å². The van der Waals surface area contributed by atoms with Crippen molar-refractivity contribution >= 4 is 0 Å². The molecule has 1 aliphatic rings. The lowest BCUT2D eigenvalue weighted by molar-refractivity contribution is 0.304. The van der Waals surface area contributed by atoms with Gasteiger partial charge in [-0.3, -0.25) is 0 Å². The number of ether oxygens (including phenoxy) is 1. The maximum atomic E-state index is 6.24. The minimum Gasteiger partial charge on any atom is -0.494 e. The third-order valence-corrected chi connectivity index (χ3v) is 12.4. The molecule has 0 atom stereocenters. The fourth-order valence-electron chi connectivity index (χ4n) is 9.19. The van der Waals surface area contributed by atoms with Gasteiger partial charge in [-0.1, -0.05) is 184 Å². The Kier molecular flexibility index (Phi) is 16.0. The Bertz CT molecular complexity index is 1940. The van der Waals surface area contributed by atoms with Gasteiger partial charge in [0.25, 0.3) is 0 Å². The van der Waals surface area contributed by atoms with E-state index in [1.807, 2.05) is 24.3 Å². The van der Waals surface area contributed by atoms with Gasteiger partial charge in [0.15, 0.2) is 0 Å². The monoisotopic (exact) mass is 767 g/mol. The van der Waals surface area contributed by atoms with Crippen molar-refractivity contribution < 1.29 is 9.15 Å². The molecular formula is C53H70N2O2. The number of hydrogen-bond acceptors (Lipinski definition) is 4. The van der Waals surface area contributed by atoms with Gasteiger partial charge in [0.1, 0.15) is 5.75 Å². The van der Waals surface area contributed by atoms with Crippen LogP contribution in [0, 0.1) is 13.8 Å². The maximum absolute atomic E-state index is 6.24. The molecule has 0 bridgehead atoms. The highest BCUT2D eigenvalue weighted by atomic mass is 16.5. The van der Waals surface area contributed by atoms with E-state index in [4.69, 9.17) is 9.15 Å². The zero-order valence-electron chi connectivity index (χ0n) is 36.1. The Balaban J connectivity index is 1.22. The first kappa shape index (κ1) is 42.4. The molecule has 304 valence electrons. The highest BCUT2D eigenvalue weighted by molar-refractivity contribution is 5.93. The zero-order chi connectivity index (χ0) is 39.9. The Hall–Kier alpha value is -4.18. The van der Waals surface area contributed by atoms with E-state index in [0.717, 1.165) is 29.9 Å². The Morgan fingerprint density at radius 2 is 0.965 bits per heavy atom. The summed E-state index contributed by atoms with van der Waals surface area (Å²) in [5.41, 5.74) is 13.2. The average Bonchev–Trinajstić information content (AvgIpc) is 3.82. The van der Waals surface area contributed by atoms with Gasteiger partial charge in [0.05, 0.1) is 6.61 Å². The van der Waals surface area contributed by atoms with Crippen molar-refractivity contribution in [2.75, 3.05) is 6.61 Å². The smallest absolute Gasteiger partial charge is 0.248 e. The fraction of sp³-hybridized carbons (Fsp3) is 0.509. The highest BCUT2D eigenvalue weighted by Crippen LogP contribution is 2.57. The number of nitrogens with zero attached hydrogens (tertiary/aromatic N) is 2. The van der Waals surface area contributed by atoms with Gasteiger partial charge in [-0.05, 0) is 103 Å². The Morgan fingerprint density at radius 3 is 1.54 bits per heavy atom. The molecule has 0 fully saturated rings. The predicted molar refractivity (Wildman–Crippen MR) is 241 cm³/mol. The zero-order valence-corrected chi connectivity index (χ0v) is 36.1. The van der Waals surface area contributed by atoms with Crippen molar-refractivity contribution in [3.63, 3.8) is 0 Å². The Morgan fingerprint density at radius 1 is 0.474 bits per heavy atom. The van der Waals surface area contributed by atoms with Gasteiger partial charge in [-0.25, -0.2) is 0 Å². The summed E-state index contributed by atoms with van der Waals surface area (Å²) in [5, 5.41) is 8.89. The molecule has 0 N–H and O–H groups in total. The molecule has 1 aromatic heterocycles. The van der Waals surface area contributed by atoms with Crippen molar-refractivity contribution in [3.05, 3.63) is 101 Å². The second-order valence-electron chi connectivity index (χ2n) is 17.0. The fourth-order valence-corrected chi connectivity index (χ4v) is 9.19. The molecule has 0 aliphatic heterocycles. The van der Waals surface area contributed by atoms with Gasteiger partial charge >= 0.3 is 0 Å². The molecule has 0 spiro atoms. The van der Waals surface area contributed by atoms with Crippen LogP contribution in [0.1, 0.15) is 171 Å². The number of aromatic nitrogens is 2. The van der Waals surface area contributed by atoms with Gasteiger partial charge in [-0.15, -0.1) is 10.2 Å². The lowest BCUT2D eigenvalue weighted by Crippen LogP contribution is -2.26. The number of aryl methyl sites for hydroxylation is 2. The molecule has 0 unspecified atom stereocenters. The average molecular weight is 767 g/mol. The van der Waals surface area contributed by atoms with E-state index in [1.165, 1.54) is 155 Å². The molecule has 0 amide bonds. The predicted octanol–water partition coefficient (Wildman–Crippen LogP) is 16.2. The van der Waals surface area contributed by atoms with Crippen LogP contribution in [-0.2, 0) is 5.41 Å².